The van der Waals surface area contributed by atoms with Crippen molar-refractivity contribution >= 4 is 17.5 Å². The maximum absolute atomic E-state index is 12.3. The van der Waals surface area contributed by atoms with Crippen molar-refractivity contribution in [1.29, 1.82) is 0 Å². The lowest BCUT2D eigenvalue weighted by Crippen LogP contribution is -2.58. The van der Waals surface area contributed by atoms with Gasteiger partial charge < -0.3 is 9.80 Å². The topological polar surface area (TPSA) is 35.6 Å². The van der Waals surface area contributed by atoms with E-state index in [1.165, 1.54) is 6.42 Å². The summed E-state index contributed by atoms with van der Waals surface area (Å²) in [7, 11) is 4.23. The fraction of sp³-hybridized carbons (Fsp3) is 0.562. The highest BCUT2D eigenvalue weighted by Gasteiger charge is 2.44. The molecule has 1 atom stereocenters. The van der Waals surface area contributed by atoms with E-state index in [1.807, 2.05) is 29.2 Å². The van der Waals surface area contributed by atoms with Gasteiger partial charge in [0.25, 0.3) is 0 Å². The number of nitrogens with one attached hydrogen (secondary N) is 1. The van der Waals surface area contributed by atoms with Gasteiger partial charge in [-0.15, -0.1) is 0 Å². The van der Waals surface area contributed by atoms with Crippen LogP contribution < -0.4 is 5.32 Å². The van der Waals surface area contributed by atoms with Crippen LogP contribution in [0.3, 0.4) is 0 Å². The van der Waals surface area contributed by atoms with E-state index < -0.39 is 0 Å². The fourth-order valence-electron chi connectivity index (χ4n) is 3.31. The molecule has 5 heteroatoms. The zero-order valence-corrected chi connectivity index (χ0v) is 13.4. The number of rotatable bonds is 4. The smallest absolute Gasteiger partial charge is 0.238 e. The number of amides is 1. The molecule has 0 aromatic heterocycles. The second kappa shape index (κ2) is 5.59. The summed E-state index contributed by atoms with van der Waals surface area (Å²) >= 11 is 5.96. The van der Waals surface area contributed by atoms with Gasteiger partial charge in [-0.3, -0.25) is 10.1 Å². The maximum atomic E-state index is 12.3. The molecule has 0 spiro atoms. The zero-order valence-electron chi connectivity index (χ0n) is 12.6. The van der Waals surface area contributed by atoms with Gasteiger partial charge in [0, 0.05) is 17.1 Å². The van der Waals surface area contributed by atoms with Crippen LogP contribution in [0.1, 0.15) is 31.0 Å². The summed E-state index contributed by atoms with van der Waals surface area (Å²) in [6.07, 6.45) is 3.54. The van der Waals surface area contributed by atoms with E-state index in [2.05, 4.69) is 24.3 Å². The standard InChI is InChI=1S/C16H22ClN3O/c1-19(2)16(8-3-9-16)11-20-14(21)10-18-15(20)12-4-6-13(17)7-5-12/h4-7,15,18H,3,8-11H2,1-2H3. The monoisotopic (exact) mass is 307 g/mol. The number of carbonyl (C=O) groups is 1. The number of carbonyl (C=O) groups excluding carboxylic acids is 1. The summed E-state index contributed by atoms with van der Waals surface area (Å²) in [5, 5.41) is 4.04. The molecule has 1 amide bonds. The third-order valence-corrected chi connectivity index (χ3v) is 5.21. The van der Waals surface area contributed by atoms with Crippen LogP contribution in [0.4, 0.5) is 0 Å². The Morgan fingerprint density at radius 3 is 2.52 bits per heavy atom. The van der Waals surface area contributed by atoms with Gasteiger partial charge in [-0.25, -0.2) is 0 Å². The van der Waals surface area contributed by atoms with Gasteiger partial charge in [0.2, 0.25) is 5.91 Å². The molecule has 1 saturated carbocycles. The van der Waals surface area contributed by atoms with Crippen molar-refractivity contribution in [3.8, 4) is 0 Å². The van der Waals surface area contributed by atoms with Crippen molar-refractivity contribution in [2.24, 2.45) is 0 Å². The van der Waals surface area contributed by atoms with Gasteiger partial charge in [0.1, 0.15) is 6.17 Å². The zero-order chi connectivity index (χ0) is 15.0. The van der Waals surface area contributed by atoms with Crippen LogP contribution in [0.2, 0.25) is 5.02 Å². The molecule has 1 saturated heterocycles. The molecule has 1 unspecified atom stereocenters. The van der Waals surface area contributed by atoms with Crippen molar-refractivity contribution in [1.82, 2.24) is 15.1 Å². The summed E-state index contributed by atoms with van der Waals surface area (Å²) in [5.41, 5.74) is 1.24. The molecular weight excluding hydrogens is 286 g/mol. The lowest BCUT2D eigenvalue weighted by Gasteiger charge is -2.50. The van der Waals surface area contributed by atoms with Crippen LogP contribution in [0.25, 0.3) is 0 Å². The van der Waals surface area contributed by atoms with Gasteiger partial charge in [-0.2, -0.15) is 0 Å². The molecule has 114 valence electrons. The Morgan fingerprint density at radius 1 is 1.33 bits per heavy atom. The van der Waals surface area contributed by atoms with Crippen molar-refractivity contribution in [2.75, 3.05) is 27.2 Å². The van der Waals surface area contributed by atoms with E-state index in [9.17, 15) is 4.79 Å². The predicted octanol–water partition coefficient (Wildman–Crippen LogP) is 2.25. The number of halogens is 1. The molecule has 1 aromatic rings. The summed E-state index contributed by atoms with van der Waals surface area (Å²) in [6.45, 7) is 1.20. The van der Waals surface area contributed by atoms with Crippen molar-refractivity contribution in [3.05, 3.63) is 34.9 Å². The molecule has 0 bridgehead atoms. The number of hydrogen-bond donors (Lipinski definition) is 1. The summed E-state index contributed by atoms with van der Waals surface area (Å²) < 4.78 is 0. The average Bonchev–Trinajstić information content (AvgIpc) is 2.75. The third-order valence-electron chi connectivity index (χ3n) is 4.96. The van der Waals surface area contributed by atoms with E-state index in [0.29, 0.717) is 6.54 Å². The van der Waals surface area contributed by atoms with E-state index in [4.69, 9.17) is 11.6 Å². The molecule has 2 aliphatic rings. The minimum absolute atomic E-state index is 0.0350. The Labute approximate surface area is 131 Å². The van der Waals surface area contributed by atoms with Crippen molar-refractivity contribution in [3.63, 3.8) is 0 Å². The van der Waals surface area contributed by atoms with E-state index in [-0.39, 0.29) is 17.6 Å². The van der Waals surface area contributed by atoms with Crippen molar-refractivity contribution < 1.29 is 4.79 Å². The molecule has 21 heavy (non-hydrogen) atoms. The molecule has 2 fully saturated rings. The normalized spacial score (nSPS) is 24.5. The maximum Gasteiger partial charge on any atom is 0.238 e. The van der Waals surface area contributed by atoms with E-state index in [1.54, 1.807) is 0 Å². The third kappa shape index (κ3) is 2.68. The quantitative estimate of drug-likeness (QED) is 0.927. The lowest BCUT2D eigenvalue weighted by atomic mass is 9.75. The minimum atomic E-state index is -0.0350. The Bertz CT molecular complexity index is 525. The highest BCUT2D eigenvalue weighted by molar-refractivity contribution is 6.30. The summed E-state index contributed by atoms with van der Waals surface area (Å²) in [5.74, 6) is 0.183. The molecule has 1 aliphatic carbocycles. The summed E-state index contributed by atoms with van der Waals surface area (Å²) in [6, 6.07) is 7.75. The van der Waals surface area contributed by atoms with E-state index in [0.717, 1.165) is 30.0 Å². The largest absolute Gasteiger partial charge is 0.320 e. The van der Waals surface area contributed by atoms with Gasteiger partial charge in [-0.05, 0) is 51.1 Å². The van der Waals surface area contributed by atoms with Crippen LogP contribution in [0.15, 0.2) is 24.3 Å². The van der Waals surface area contributed by atoms with Gasteiger partial charge >= 0.3 is 0 Å². The van der Waals surface area contributed by atoms with Gasteiger partial charge in [0.15, 0.2) is 0 Å². The number of likely N-dealkylation sites (N-methyl/N-ethyl adjacent to an activating group) is 1. The Morgan fingerprint density at radius 2 is 2.00 bits per heavy atom. The molecule has 3 rings (SSSR count). The number of nitrogens with zero attached hydrogens (tertiary/aromatic N) is 2. The first-order chi connectivity index (χ1) is 10.0. The molecular formula is C16H22ClN3O. The average molecular weight is 308 g/mol. The Balaban J connectivity index is 1.81. The molecule has 1 aromatic carbocycles. The molecule has 0 radical (unpaired) electrons. The first-order valence-electron chi connectivity index (χ1n) is 7.48. The van der Waals surface area contributed by atoms with Gasteiger partial charge in [0.05, 0.1) is 6.54 Å². The minimum Gasteiger partial charge on any atom is -0.320 e. The second-order valence-electron chi connectivity index (χ2n) is 6.33. The highest BCUT2D eigenvalue weighted by atomic mass is 35.5. The molecule has 1 aliphatic heterocycles. The Hall–Kier alpha value is -1.10. The van der Waals surface area contributed by atoms with Crippen LogP contribution in [0, 0.1) is 0 Å². The van der Waals surface area contributed by atoms with Crippen LogP contribution in [0.5, 0.6) is 0 Å². The fourth-order valence-corrected chi connectivity index (χ4v) is 3.44. The summed E-state index contributed by atoms with van der Waals surface area (Å²) in [4.78, 5) is 16.6. The van der Waals surface area contributed by atoms with Crippen LogP contribution in [-0.2, 0) is 4.79 Å². The molecule has 1 heterocycles. The molecule has 4 nitrogen and oxygen atoms in total. The van der Waals surface area contributed by atoms with E-state index >= 15 is 0 Å². The SMILES string of the molecule is CN(C)C1(CN2C(=O)CNC2c2ccc(Cl)cc2)CCC1. The van der Waals surface area contributed by atoms with Gasteiger partial charge in [-0.1, -0.05) is 23.7 Å². The number of hydrogen-bond acceptors (Lipinski definition) is 3. The highest BCUT2D eigenvalue weighted by Crippen LogP contribution is 2.39. The predicted molar refractivity (Wildman–Crippen MR) is 84.2 cm³/mol. The Kier molecular flexibility index (Phi) is 3.95. The van der Waals surface area contributed by atoms with Crippen LogP contribution in [-0.4, -0.2) is 48.4 Å². The number of benzene rings is 1. The van der Waals surface area contributed by atoms with Crippen LogP contribution >= 0.6 is 11.6 Å². The van der Waals surface area contributed by atoms with Crippen molar-refractivity contribution in [2.45, 2.75) is 31.0 Å². The lowest BCUT2D eigenvalue weighted by molar-refractivity contribution is -0.131. The first-order valence-corrected chi connectivity index (χ1v) is 7.85. The first kappa shape index (κ1) is 14.8. The second-order valence-corrected chi connectivity index (χ2v) is 6.77. The molecule has 1 N–H and O–H groups in total.